The molecule has 4 N–H and O–H groups in total. The first-order valence-electron chi connectivity index (χ1n) is 7.14. The Morgan fingerprint density at radius 1 is 1.33 bits per heavy atom. The summed E-state index contributed by atoms with van der Waals surface area (Å²) in [5.41, 5.74) is -0.131. The average molecular weight is 342 g/mol. The maximum atomic E-state index is 11.3. The molecule has 1 amide bonds. The summed E-state index contributed by atoms with van der Waals surface area (Å²) in [6.07, 6.45) is -5.15. The molecular formula is C14H18N2O8. The molecule has 1 aliphatic heterocycles. The fourth-order valence-corrected chi connectivity index (χ4v) is 2.35. The van der Waals surface area contributed by atoms with Crippen LogP contribution in [0.4, 0.5) is 5.69 Å². The number of non-ortho nitro benzene ring substituents is 1. The number of carbonyl (C=O) groups excluding carboxylic acids is 1. The molecule has 0 bridgehead atoms. The zero-order chi connectivity index (χ0) is 17.9. The number of hydrogen-bond acceptors (Lipinski definition) is 8. The first-order valence-corrected chi connectivity index (χ1v) is 7.14. The van der Waals surface area contributed by atoms with Crippen molar-refractivity contribution in [3.8, 4) is 5.75 Å². The minimum atomic E-state index is -1.43. The molecule has 10 heteroatoms. The lowest BCUT2D eigenvalue weighted by Gasteiger charge is -2.42. The molecule has 0 aromatic heterocycles. The summed E-state index contributed by atoms with van der Waals surface area (Å²) in [5, 5.41) is 42.3. The molecule has 1 aromatic carbocycles. The smallest absolute Gasteiger partial charge is 0.269 e. The average Bonchev–Trinajstić information content (AvgIpc) is 2.54. The number of amides is 1. The number of hydrogen-bond donors (Lipinski definition) is 4. The molecule has 1 fully saturated rings. The Bertz CT molecular complexity index is 593. The van der Waals surface area contributed by atoms with Crippen molar-refractivity contribution in [2.45, 2.75) is 37.6 Å². The summed E-state index contributed by atoms with van der Waals surface area (Å²) in [6.45, 7) is 0.658. The number of nitrogens with one attached hydrogen (secondary N) is 1. The van der Waals surface area contributed by atoms with Crippen molar-refractivity contribution in [2.24, 2.45) is 0 Å². The molecule has 0 aliphatic carbocycles. The fourth-order valence-electron chi connectivity index (χ4n) is 2.35. The highest BCUT2D eigenvalue weighted by molar-refractivity contribution is 5.73. The van der Waals surface area contributed by atoms with Gasteiger partial charge >= 0.3 is 0 Å². The summed E-state index contributed by atoms with van der Waals surface area (Å²) in [6, 6.07) is 4.02. The monoisotopic (exact) mass is 342 g/mol. The number of ether oxygens (including phenoxy) is 2. The summed E-state index contributed by atoms with van der Waals surface area (Å²) >= 11 is 0. The molecular weight excluding hydrogens is 324 g/mol. The topological polar surface area (TPSA) is 151 Å². The number of aliphatic hydroxyl groups excluding tert-OH is 3. The van der Waals surface area contributed by atoms with Crippen LogP contribution in [0.2, 0.25) is 0 Å². The lowest BCUT2D eigenvalue weighted by molar-refractivity contribution is -0.384. The first-order chi connectivity index (χ1) is 11.3. The molecule has 10 nitrogen and oxygen atoms in total. The van der Waals surface area contributed by atoms with Gasteiger partial charge in [0.05, 0.1) is 11.5 Å². The first kappa shape index (κ1) is 18.1. The lowest BCUT2D eigenvalue weighted by Crippen LogP contribution is -2.65. The Labute approximate surface area is 136 Å². The predicted octanol–water partition coefficient (Wildman–Crippen LogP) is -1.08. The second-order valence-electron chi connectivity index (χ2n) is 5.30. The van der Waals surface area contributed by atoms with Crippen molar-refractivity contribution in [1.29, 1.82) is 0 Å². The van der Waals surface area contributed by atoms with Crippen molar-refractivity contribution in [2.75, 3.05) is 6.61 Å². The highest BCUT2D eigenvalue weighted by Gasteiger charge is 2.46. The van der Waals surface area contributed by atoms with E-state index in [9.17, 15) is 30.2 Å². The van der Waals surface area contributed by atoms with Crippen LogP contribution in [-0.2, 0) is 9.53 Å². The van der Waals surface area contributed by atoms with E-state index in [-0.39, 0.29) is 11.4 Å². The molecule has 1 heterocycles. The van der Waals surface area contributed by atoms with E-state index in [0.717, 1.165) is 0 Å². The number of benzene rings is 1. The lowest BCUT2D eigenvalue weighted by atomic mass is 9.97. The Morgan fingerprint density at radius 3 is 2.46 bits per heavy atom. The third-order valence-corrected chi connectivity index (χ3v) is 3.55. The van der Waals surface area contributed by atoms with Gasteiger partial charge in [0, 0.05) is 19.1 Å². The van der Waals surface area contributed by atoms with Crippen LogP contribution in [0.1, 0.15) is 6.92 Å². The molecule has 0 spiro atoms. The standard InChI is InChI=1S/C14H18N2O8/c1-7(18)15-11-13(20)12(19)10(6-17)24-14(11)23-9-4-2-8(3-5-9)16(21)22/h2-5,10-14,17,19-20H,6H2,1H3,(H,15,18)/t10-,11-,12-,13-,14-/m0/s1. The van der Waals surface area contributed by atoms with Crippen molar-refractivity contribution in [1.82, 2.24) is 5.32 Å². The van der Waals surface area contributed by atoms with E-state index in [1.807, 2.05) is 0 Å². The molecule has 0 saturated carbocycles. The van der Waals surface area contributed by atoms with E-state index < -0.39 is 48.1 Å². The minimum Gasteiger partial charge on any atom is -0.463 e. The maximum absolute atomic E-state index is 11.3. The van der Waals surface area contributed by atoms with Crippen LogP contribution in [-0.4, -0.2) is 63.4 Å². The summed E-state index contributed by atoms with van der Waals surface area (Å²) in [7, 11) is 0. The highest BCUT2D eigenvalue weighted by atomic mass is 16.7. The zero-order valence-electron chi connectivity index (χ0n) is 12.7. The van der Waals surface area contributed by atoms with Gasteiger partial charge in [-0.3, -0.25) is 14.9 Å². The SMILES string of the molecule is CC(=O)N[C@@H]1[C@@H](Oc2ccc([N+](=O)[O-])cc2)O[C@@H](CO)[C@H](O)[C@H]1O. The van der Waals surface area contributed by atoms with Gasteiger partial charge < -0.3 is 30.1 Å². The van der Waals surface area contributed by atoms with Crippen LogP contribution in [0.15, 0.2) is 24.3 Å². The van der Waals surface area contributed by atoms with Crippen LogP contribution in [0.25, 0.3) is 0 Å². The van der Waals surface area contributed by atoms with E-state index in [0.29, 0.717) is 0 Å². The molecule has 1 aromatic rings. The summed E-state index contributed by atoms with van der Waals surface area (Å²) in [5.74, 6) is -0.282. The normalized spacial score (nSPS) is 29.8. The van der Waals surface area contributed by atoms with Crippen LogP contribution in [0.3, 0.4) is 0 Å². The van der Waals surface area contributed by atoms with E-state index >= 15 is 0 Å². The van der Waals surface area contributed by atoms with Gasteiger partial charge in [-0.2, -0.15) is 0 Å². The molecule has 0 unspecified atom stereocenters. The third-order valence-electron chi connectivity index (χ3n) is 3.55. The zero-order valence-corrected chi connectivity index (χ0v) is 12.7. The molecule has 0 radical (unpaired) electrons. The van der Waals surface area contributed by atoms with Crippen LogP contribution in [0, 0.1) is 10.1 Å². The quantitative estimate of drug-likeness (QED) is 0.389. The molecule has 1 aliphatic rings. The molecule has 1 saturated heterocycles. The van der Waals surface area contributed by atoms with Crippen molar-refractivity contribution < 1.29 is 34.5 Å². The van der Waals surface area contributed by atoms with Crippen molar-refractivity contribution >= 4 is 11.6 Å². The van der Waals surface area contributed by atoms with Gasteiger partial charge in [-0.15, -0.1) is 0 Å². The maximum Gasteiger partial charge on any atom is 0.269 e. The predicted molar refractivity (Wildman–Crippen MR) is 79.1 cm³/mol. The number of rotatable bonds is 5. The number of nitro benzene ring substituents is 1. The molecule has 132 valence electrons. The van der Waals surface area contributed by atoms with Gasteiger partial charge in [0.1, 0.15) is 30.1 Å². The van der Waals surface area contributed by atoms with Crippen molar-refractivity contribution in [3.05, 3.63) is 34.4 Å². The second kappa shape index (κ2) is 7.53. The van der Waals surface area contributed by atoms with Gasteiger partial charge in [0.25, 0.3) is 5.69 Å². The number of carbonyl (C=O) groups is 1. The van der Waals surface area contributed by atoms with Gasteiger partial charge in [0.15, 0.2) is 0 Å². The van der Waals surface area contributed by atoms with Gasteiger partial charge in [-0.05, 0) is 12.1 Å². The van der Waals surface area contributed by atoms with Crippen molar-refractivity contribution in [3.63, 3.8) is 0 Å². The van der Waals surface area contributed by atoms with Crippen LogP contribution >= 0.6 is 0 Å². The van der Waals surface area contributed by atoms with E-state index in [1.54, 1.807) is 0 Å². The van der Waals surface area contributed by atoms with E-state index in [1.165, 1.54) is 31.2 Å². The van der Waals surface area contributed by atoms with Crippen LogP contribution < -0.4 is 10.1 Å². The Hall–Kier alpha value is -2.27. The largest absolute Gasteiger partial charge is 0.463 e. The van der Waals surface area contributed by atoms with E-state index in [2.05, 4.69) is 5.32 Å². The minimum absolute atomic E-state index is 0.131. The second-order valence-corrected chi connectivity index (χ2v) is 5.30. The summed E-state index contributed by atoms with van der Waals surface area (Å²) in [4.78, 5) is 21.4. The molecule has 24 heavy (non-hydrogen) atoms. The van der Waals surface area contributed by atoms with Gasteiger partial charge in [-0.1, -0.05) is 0 Å². The number of nitro groups is 1. The highest BCUT2D eigenvalue weighted by Crippen LogP contribution is 2.25. The third kappa shape index (κ3) is 3.97. The Balaban J connectivity index is 2.19. The Morgan fingerprint density at radius 2 is 1.96 bits per heavy atom. The molecule has 5 atom stereocenters. The van der Waals surface area contributed by atoms with E-state index in [4.69, 9.17) is 9.47 Å². The number of aliphatic hydroxyl groups is 3. The van der Waals surface area contributed by atoms with Gasteiger partial charge in [-0.25, -0.2) is 0 Å². The number of nitrogens with zero attached hydrogens (tertiary/aromatic N) is 1. The van der Waals surface area contributed by atoms with Gasteiger partial charge in [0.2, 0.25) is 12.2 Å². The summed E-state index contributed by atoms with van der Waals surface area (Å²) < 4.78 is 10.9. The Kier molecular flexibility index (Phi) is 5.67. The molecule has 2 rings (SSSR count). The van der Waals surface area contributed by atoms with Crippen LogP contribution in [0.5, 0.6) is 5.75 Å². The fraction of sp³-hybridized carbons (Fsp3) is 0.500.